The van der Waals surface area contributed by atoms with Gasteiger partial charge in [0.1, 0.15) is 0 Å². The van der Waals surface area contributed by atoms with Gasteiger partial charge in [0.2, 0.25) is 0 Å². The first-order chi connectivity index (χ1) is 21.9. The fourth-order valence-electron chi connectivity index (χ4n) is 4.81. The summed E-state index contributed by atoms with van der Waals surface area (Å²) in [5.74, 6) is 12.8. The molecule has 1 aliphatic heterocycles. The van der Waals surface area contributed by atoms with E-state index >= 15 is 0 Å². The second-order valence-corrected chi connectivity index (χ2v) is 12.6. The molecular weight excluding hydrogens is 597 g/mol. The van der Waals surface area contributed by atoms with E-state index in [0.29, 0.717) is 22.6 Å². The van der Waals surface area contributed by atoms with Crippen LogP contribution in [0.2, 0.25) is 0 Å². The van der Waals surface area contributed by atoms with Crippen LogP contribution in [0.4, 0.5) is 0 Å². The molecule has 0 saturated heterocycles. The second kappa shape index (κ2) is 13.2. The maximum absolute atomic E-state index is 11.5. The monoisotopic (exact) mass is 622 g/mol. The molecule has 0 fully saturated rings. The second-order valence-electron chi connectivity index (χ2n) is 10.1. The minimum atomic E-state index is -1.24. The SMILES string of the molecule is CC(=O)Sc1ccc(C#Cc2ccc(C#Cc3ccc(SC(C)=O)cc3)c3c2OC(c2ccccc2)(c2ccccc2)O3)cc1. The Kier molecular flexibility index (Phi) is 8.80. The Hall–Kier alpha value is -5.14. The zero-order chi connectivity index (χ0) is 31.2. The molecule has 5 aromatic carbocycles. The molecule has 4 nitrogen and oxygen atoms in total. The van der Waals surface area contributed by atoms with E-state index in [0.717, 1.165) is 32.0 Å². The molecule has 0 aliphatic carbocycles. The van der Waals surface area contributed by atoms with E-state index in [-0.39, 0.29) is 10.2 Å². The molecule has 6 rings (SSSR count). The molecule has 0 radical (unpaired) electrons. The van der Waals surface area contributed by atoms with Crippen LogP contribution in [0.25, 0.3) is 0 Å². The van der Waals surface area contributed by atoms with Gasteiger partial charge in [0, 0.05) is 45.9 Å². The van der Waals surface area contributed by atoms with Gasteiger partial charge in [-0.05, 0) is 60.7 Å². The van der Waals surface area contributed by atoms with Gasteiger partial charge in [-0.15, -0.1) is 0 Å². The maximum atomic E-state index is 11.5. The molecule has 0 atom stereocenters. The quantitative estimate of drug-likeness (QED) is 0.148. The van der Waals surface area contributed by atoms with E-state index < -0.39 is 5.79 Å². The molecule has 0 saturated carbocycles. The van der Waals surface area contributed by atoms with Gasteiger partial charge < -0.3 is 9.47 Å². The van der Waals surface area contributed by atoms with Gasteiger partial charge in [-0.3, -0.25) is 9.59 Å². The van der Waals surface area contributed by atoms with Gasteiger partial charge >= 0.3 is 5.79 Å². The standard InChI is InChI=1S/C39H26O4S2/c1-27(40)44-35-23-15-29(16-24-35)13-19-31-21-22-32(20-14-30-17-25-36(26-18-30)45-28(2)41)38-37(31)42-39(43-38,33-9-5-3-6-10-33)34-11-7-4-8-12-34/h3-12,15-18,21-26H,1-2H3. The van der Waals surface area contributed by atoms with Crippen molar-refractivity contribution in [3.8, 4) is 35.2 Å². The van der Waals surface area contributed by atoms with E-state index in [4.69, 9.17) is 9.47 Å². The molecule has 0 aromatic heterocycles. The summed E-state index contributed by atoms with van der Waals surface area (Å²) in [5, 5.41) is 0.0723. The summed E-state index contributed by atoms with van der Waals surface area (Å²) in [6.07, 6.45) is 0. The van der Waals surface area contributed by atoms with Crippen LogP contribution in [0.5, 0.6) is 11.5 Å². The Morgan fingerprint density at radius 2 is 0.889 bits per heavy atom. The maximum Gasteiger partial charge on any atom is 0.305 e. The van der Waals surface area contributed by atoms with Crippen molar-refractivity contribution in [3.63, 3.8) is 0 Å². The van der Waals surface area contributed by atoms with Gasteiger partial charge in [0.15, 0.2) is 21.7 Å². The summed E-state index contributed by atoms with van der Waals surface area (Å²) >= 11 is 2.38. The highest BCUT2D eigenvalue weighted by Crippen LogP contribution is 2.50. The lowest BCUT2D eigenvalue weighted by molar-refractivity contribution is -0.109. The topological polar surface area (TPSA) is 52.6 Å². The Balaban J connectivity index is 1.43. The van der Waals surface area contributed by atoms with Crippen molar-refractivity contribution in [1.82, 2.24) is 0 Å². The molecular formula is C39H26O4S2. The number of hydrogen-bond donors (Lipinski definition) is 0. The van der Waals surface area contributed by atoms with E-state index in [1.54, 1.807) is 13.8 Å². The molecule has 5 aromatic rings. The molecule has 0 amide bonds. The zero-order valence-corrected chi connectivity index (χ0v) is 26.1. The average molecular weight is 623 g/mol. The van der Waals surface area contributed by atoms with E-state index in [1.165, 1.54) is 23.5 Å². The summed E-state index contributed by atoms with van der Waals surface area (Å²) in [4.78, 5) is 24.7. The lowest BCUT2D eigenvalue weighted by atomic mass is 9.97. The van der Waals surface area contributed by atoms with Crippen LogP contribution in [-0.4, -0.2) is 10.2 Å². The Labute approximate surface area is 271 Å². The van der Waals surface area contributed by atoms with Crippen LogP contribution in [-0.2, 0) is 15.4 Å². The summed E-state index contributed by atoms with van der Waals surface area (Å²) in [7, 11) is 0. The Bertz CT molecular complexity index is 1850. The predicted octanol–water partition coefficient (Wildman–Crippen LogP) is 8.44. The van der Waals surface area contributed by atoms with Crippen LogP contribution >= 0.6 is 23.5 Å². The van der Waals surface area contributed by atoms with Crippen molar-refractivity contribution in [2.75, 3.05) is 0 Å². The summed E-state index contributed by atoms with van der Waals surface area (Å²) in [6.45, 7) is 3.09. The number of carbonyl (C=O) groups excluding carboxylic acids is 2. The first kappa shape index (κ1) is 29.9. The van der Waals surface area contributed by atoms with Gasteiger partial charge in [0.05, 0.1) is 11.1 Å². The van der Waals surface area contributed by atoms with Gasteiger partial charge in [-0.1, -0.05) is 108 Å². The van der Waals surface area contributed by atoms with Gasteiger partial charge in [0.25, 0.3) is 0 Å². The summed E-state index contributed by atoms with van der Waals surface area (Å²) in [6, 6.07) is 38.6. The van der Waals surface area contributed by atoms with E-state index in [9.17, 15) is 9.59 Å². The average Bonchev–Trinajstić information content (AvgIpc) is 3.47. The van der Waals surface area contributed by atoms with Crippen molar-refractivity contribution < 1.29 is 19.1 Å². The highest BCUT2D eigenvalue weighted by atomic mass is 32.2. The first-order valence-corrected chi connectivity index (χ1v) is 15.8. The summed E-state index contributed by atoms with van der Waals surface area (Å²) < 4.78 is 13.7. The molecule has 0 spiro atoms. The molecule has 1 heterocycles. The predicted molar refractivity (Wildman–Crippen MR) is 179 cm³/mol. The molecule has 1 aliphatic rings. The fraction of sp³-hybridized carbons (Fsp3) is 0.0769. The third-order valence-corrected chi connectivity index (χ3v) is 8.42. The molecule has 0 N–H and O–H groups in total. The normalized spacial score (nSPS) is 12.3. The van der Waals surface area contributed by atoms with Gasteiger partial charge in [-0.2, -0.15) is 0 Å². The lowest BCUT2D eigenvalue weighted by Crippen LogP contribution is -2.36. The number of carbonyl (C=O) groups is 2. The molecule has 45 heavy (non-hydrogen) atoms. The zero-order valence-electron chi connectivity index (χ0n) is 24.5. The molecule has 218 valence electrons. The highest BCUT2D eigenvalue weighted by molar-refractivity contribution is 8.13. The summed E-state index contributed by atoms with van der Waals surface area (Å²) in [5.41, 5.74) is 4.62. The van der Waals surface area contributed by atoms with Crippen LogP contribution in [0, 0.1) is 23.7 Å². The first-order valence-electron chi connectivity index (χ1n) is 14.2. The van der Waals surface area contributed by atoms with Crippen molar-refractivity contribution in [2.45, 2.75) is 29.4 Å². The largest absolute Gasteiger partial charge is 0.439 e. The Morgan fingerprint density at radius 3 is 1.24 bits per heavy atom. The van der Waals surface area contributed by atoms with Crippen LogP contribution < -0.4 is 9.47 Å². The van der Waals surface area contributed by atoms with Crippen LogP contribution in [0.3, 0.4) is 0 Å². The number of hydrogen-bond acceptors (Lipinski definition) is 6. The number of rotatable bonds is 4. The van der Waals surface area contributed by atoms with E-state index in [2.05, 4.69) is 23.7 Å². The van der Waals surface area contributed by atoms with E-state index in [1.807, 2.05) is 121 Å². The van der Waals surface area contributed by atoms with Crippen molar-refractivity contribution >= 4 is 33.8 Å². The Morgan fingerprint density at radius 1 is 0.511 bits per heavy atom. The molecule has 0 unspecified atom stereocenters. The number of benzene rings is 5. The molecule has 6 heteroatoms. The number of thioether (sulfide) groups is 2. The molecule has 0 bridgehead atoms. The minimum Gasteiger partial charge on any atom is -0.439 e. The highest BCUT2D eigenvalue weighted by Gasteiger charge is 2.47. The third-order valence-electron chi connectivity index (χ3n) is 6.83. The van der Waals surface area contributed by atoms with Crippen molar-refractivity contribution in [1.29, 1.82) is 0 Å². The fourth-order valence-corrected chi connectivity index (χ4v) is 6.02. The third kappa shape index (κ3) is 6.84. The van der Waals surface area contributed by atoms with Gasteiger partial charge in [-0.25, -0.2) is 0 Å². The van der Waals surface area contributed by atoms with Crippen molar-refractivity contribution in [3.05, 3.63) is 155 Å². The number of ether oxygens (including phenoxy) is 2. The number of fused-ring (bicyclic) bond motifs is 1. The van der Waals surface area contributed by atoms with Crippen molar-refractivity contribution in [2.24, 2.45) is 0 Å². The minimum absolute atomic E-state index is 0.0362. The van der Waals surface area contributed by atoms with Crippen LogP contribution in [0.15, 0.2) is 131 Å². The van der Waals surface area contributed by atoms with Crippen LogP contribution in [0.1, 0.15) is 47.2 Å². The lowest BCUT2D eigenvalue weighted by Gasteiger charge is -2.28. The smallest absolute Gasteiger partial charge is 0.305 e.